The largest absolute Gasteiger partial charge is 0.493 e. The zero-order valence-corrected chi connectivity index (χ0v) is 11.7. The summed E-state index contributed by atoms with van der Waals surface area (Å²) in [5.74, 6) is 1.62. The molecule has 1 aromatic rings. The van der Waals surface area contributed by atoms with Gasteiger partial charge >= 0.3 is 0 Å². The van der Waals surface area contributed by atoms with Crippen molar-refractivity contribution in [1.82, 2.24) is 0 Å². The fourth-order valence-corrected chi connectivity index (χ4v) is 1.73. The second-order valence-corrected chi connectivity index (χ2v) is 4.56. The molecule has 0 aliphatic heterocycles. The standard InChI is InChI=1S/C15H25NO2/c1-4-6-9-18-14-8-7-12(10-13(16)5-2)11-15(14)17-3/h7-8,11,13H,4-6,9-10,16H2,1-3H3. The van der Waals surface area contributed by atoms with Crippen molar-refractivity contribution in [2.75, 3.05) is 13.7 Å². The van der Waals surface area contributed by atoms with Crippen molar-refractivity contribution in [3.05, 3.63) is 23.8 Å². The lowest BCUT2D eigenvalue weighted by Gasteiger charge is -2.13. The van der Waals surface area contributed by atoms with Gasteiger partial charge < -0.3 is 15.2 Å². The van der Waals surface area contributed by atoms with Crippen LogP contribution in [0.1, 0.15) is 38.7 Å². The third-order valence-corrected chi connectivity index (χ3v) is 3.01. The Kier molecular flexibility index (Phi) is 6.58. The molecule has 0 heterocycles. The van der Waals surface area contributed by atoms with Crippen LogP contribution >= 0.6 is 0 Å². The van der Waals surface area contributed by atoms with E-state index in [1.807, 2.05) is 12.1 Å². The summed E-state index contributed by atoms with van der Waals surface area (Å²) >= 11 is 0. The fourth-order valence-electron chi connectivity index (χ4n) is 1.73. The summed E-state index contributed by atoms with van der Waals surface area (Å²) in [5.41, 5.74) is 7.16. The maximum absolute atomic E-state index is 5.96. The van der Waals surface area contributed by atoms with E-state index in [4.69, 9.17) is 15.2 Å². The Morgan fingerprint density at radius 2 is 2.00 bits per heavy atom. The van der Waals surface area contributed by atoms with Crippen molar-refractivity contribution < 1.29 is 9.47 Å². The van der Waals surface area contributed by atoms with Crippen LogP contribution in [0.4, 0.5) is 0 Å². The van der Waals surface area contributed by atoms with Crippen molar-refractivity contribution in [2.24, 2.45) is 5.73 Å². The topological polar surface area (TPSA) is 44.5 Å². The van der Waals surface area contributed by atoms with Crippen molar-refractivity contribution in [1.29, 1.82) is 0 Å². The van der Waals surface area contributed by atoms with Gasteiger partial charge in [-0.3, -0.25) is 0 Å². The Morgan fingerprint density at radius 3 is 2.61 bits per heavy atom. The molecule has 18 heavy (non-hydrogen) atoms. The van der Waals surface area contributed by atoms with Gasteiger partial charge in [0, 0.05) is 6.04 Å². The van der Waals surface area contributed by atoms with Crippen molar-refractivity contribution in [3.8, 4) is 11.5 Å². The molecule has 0 bridgehead atoms. The number of methoxy groups -OCH3 is 1. The molecule has 1 atom stereocenters. The Balaban J connectivity index is 2.70. The number of hydrogen-bond acceptors (Lipinski definition) is 3. The van der Waals surface area contributed by atoms with Crippen LogP contribution in [-0.2, 0) is 6.42 Å². The third-order valence-electron chi connectivity index (χ3n) is 3.01. The van der Waals surface area contributed by atoms with Crippen LogP contribution in [0, 0.1) is 0 Å². The first-order valence-electron chi connectivity index (χ1n) is 6.76. The molecule has 0 fully saturated rings. The van der Waals surface area contributed by atoms with E-state index in [2.05, 4.69) is 19.9 Å². The van der Waals surface area contributed by atoms with Crippen LogP contribution in [0.3, 0.4) is 0 Å². The monoisotopic (exact) mass is 251 g/mol. The normalized spacial score (nSPS) is 12.2. The van der Waals surface area contributed by atoms with E-state index in [9.17, 15) is 0 Å². The van der Waals surface area contributed by atoms with E-state index in [-0.39, 0.29) is 6.04 Å². The average Bonchev–Trinajstić information content (AvgIpc) is 2.40. The minimum Gasteiger partial charge on any atom is -0.493 e. The minimum atomic E-state index is 0.210. The van der Waals surface area contributed by atoms with E-state index in [1.54, 1.807) is 7.11 Å². The summed E-state index contributed by atoms with van der Waals surface area (Å²) in [7, 11) is 1.67. The van der Waals surface area contributed by atoms with E-state index < -0.39 is 0 Å². The van der Waals surface area contributed by atoms with Crippen molar-refractivity contribution in [3.63, 3.8) is 0 Å². The van der Waals surface area contributed by atoms with Gasteiger partial charge in [0.05, 0.1) is 13.7 Å². The van der Waals surface area contributed by atoms with E-state index in [0.717, 1.165) is 43.8 Å². The molecule has 0 aromatic heterocycles. The summed E-state index contributed by atoms with van der Waals surface area (Å²) in [6.45, 7) is 4.99. The highest BCUT2D eigenvalue weighted by atomic mass is 16.5. The quantitative estimate of drug-likeness (QED) is 0.722. The molecule has 0 aliphatic rings. The molecule has 2 N–H and O–H groups in total. The van der Waals surface area contributed by atoms with E-state index in [0.29, 0.717) is 0 Å². The van der Waals surface area contributed by atoms with Gasteiger partial charge in [-0.15, -0.1) is 0 Å². The molecule has 1 aromatic carbocycles. The second kappa shape index (κ2) is 7.98. The molecular weight excluding hydrogens is 226 g/mol. The Labute approximate surface area is 110 Å². The van der Waals surface area contributed by atoms with Crippen LogP contribution in [0.15, 0.2) is 18.2 Å². The minimum absolute atomic E-state index is 0.210. The molecule has 0 amide bonds. The maximum atomic E-state index is 5.96. The summed E-state index contributed by atoms with van der Waals surface area (Å²) in [5, 5.41) is 0. The fraction of sp³-hybridized carbons (Fsp3) is 0.600. The Morgan fingerprint density at radius 1 is 1.22 bits per heavy atom. The van der Waals surface area contributed by atoms with Crippen molar-refractivity contribution in [2.45, 2.75) is 45.6 Å². The molecule has 0 saturated carbocycles. The predicted molar refractivity (Wildman–Crippen MR) is 75.4 cm³/mol. The number of ether oxygens (including phenoxy) is 2. The Hall–Kier alpha value is -1.22. The molecular formula is C15H25NO2. The number of nitrogens with two attached hydrogens (primary N) is 1. The van der Waals surface area contributed by atoms with Crippen LogP contribution < -0.4 is 15.2 Å². The second-order valence-electron chi connectivity index (χ2n) is 4.56. The molecule has 3 nitrogen and oxygen atoms in total. The molecule has 1 unspecified atom stereocenters. The molecule has 102 valence electrons. The van der Waals surface area contributed by atoms with Gasteiger partial charge in [0.2, 0.25) is 0 Å². The lowest BCUT2D eigenvalue weighted by atomic mass is 10.0. The SMILES string of the molecule is CCCCOc1ccc(CC(N)CC)cc1OC. The average molecular weight is 251 g/mol. The first-order chi connectivity index (χ1) is 8.71. The number of unbranched alkanes of at least 4 members (excludes halogenated alkanes) is 1. The molecule has 3 heteroatoms. The van der Waals surface area contributed by atoms with Gasteiger partial charge in [0.1, 0.15) is 0 Å². The van der Waals surface area contributed by atoms with Gasteiger partial charge in [0.15, 0.2) is 11.5 Å². The van der Waals surface area contributed by atoms with Crippen LogP contribution in [0.25, 0.3) is 0 Å². The Bertz CT molecular complexity index is 352. The molecule has 1 rings (SSSR count). The third kappa shape index (κ3) is 4.57. The summed E-state index contributed by atoms with van der Waals surface area (Å²) in [4.78, 5) is 0. The zero-order valence-electron chi connectivity index (χ0n) is 11.7. The smallest absolute Gasteiger partial charge is 0.161 e. The van der Waals surface area contributed by atoms with Crippen LogP contribution in [0.2, 0.25) is 0 Å². The highest BCUT2D eigenvalue weighted by Crippen LogP contribution is 2.28. The summed E-state index contributed by atoms with van der Waals surface area (Å²) < 4.78 is 11.1. The molecule has 0 radical (unpaired) electrons. The zero-order chi connectivity index (χ0) is 13.4. The number of hydrogen-bond donors (Lipinski definition) is 1. The van der Waals surface area contributed by atoms with E-state index >= 15 is 0 Å². The van der Waals surface area contributed by atoms with E-state index in [1.165, 1.54) is 5.56 Å². The first-order valence-corrected chi connectivity index (χ1v) is 6.76. The highest BCUT2D eigenvalue weighted by molar-refractivity contribution is 5.43. The molecule has 0 spiro atoms. The van der Waals surface area contributed by atoms with Gasteiger partial charge in [-0.25, -0.2) is 0 Å². The van der Waals surface area contributed by atoms with Crippen LogP contribution in [-0.4, -0.2) is 19.8 Å². The lowest BCUT2D eigenvalue weighted by molar-refractivity contribution is 0.288. The van der Waals surface area contributed by atoms with Gasteiger partial charge in [-0.05, 0) is 37.0 Å². The molecule has 0 saturated heterocycles. The van der Waals surface area contributed by atoms with Gasteiger partial charge in [-0.1, -0.05) is 26.3 Å². The lowest BCUT2D eigenvalue weighted by Crippen LogP contribution is -2.21. The van der Waals surface area contributed by atoms with Crippen LogP contribution in [0.5, 0.6) is 11.5 Å². The number of benzene rings is 1. The highest BCUT2D eigenvalue weighted by Gasteiger charge is 2.08. The van der Waals surface area contributed by atoms with Crippen molar-refractivity contribution >= 4 is 0 Å². The van der Waals surface area contributed by atoms with Gasteiger partial charge in [0.25, 0.3) is 0 Å². The molecule has 0 aliphatic carbocycles. The predicted octanol–water partition coefficient (Wildman–Crippen LogP) is 3.15. The van der Waals surface area contributed by atoms with Gasteiger partial charge in [-0.2, -0.15) is 0 Å². The maximum Gasteiger partial charge on any atom is 0.161 e. The summed E-state index contributed by atoms with van der Waals surface area (Å²) in [6, 6.07) is 6.28. The first kappa shape index (κ1) is 14.8. The summed E-state index contributed by atoms with van der Waals surface area (Å²) in [6.07, 6.45) is 4.05. The number of rotatable bonds is 8.